The van der Waals surface area contributed by atoms with Gasteiger partial charge in [-0.2, -0.15) is 0 Å². The first-order valence-corrected chi connectivity index (χ1v) is 11.7. The molecule has 0 bridgehead atoms. The van der Waals surface area contributed by atoms with Crippen molar-refractivity contribution in [2.24, 2.45) is 0 Å². The topological polar surface area (TPSA) is 114 Å². The predicted molar refractivity (Wildman–Crippen MR) is 143 cm³/mol. The molecule has 8 nitrogen and oxygen atoms in total. The molecule has 2 heterocycles. The summed E-state index contributed by atoms with van der Waals surface area (Å²) in [6.07, 6.45) is 0. The molecule has 2 aromatic heterocycles. The lowest BCUT2D eigenvalue weighted by molar-refractivity contribution is 0.101. The molecule has 9 heteroatoms. The molecule has 0 spiro atoms. The summed E-state index contributed by atoms with van der Waals surface area (Å²) < 4.78 is 11.6. The van der Waals surface area contributed by atoms with Crippen LogP contribution in [0.5, 0.6) is 17.2 Å². The molecule has 3 N–H and O–H groups in total. The van der Waals surface area contributed by atoms with E-state index in [1.54, 1.807) is 36.4 Å². The number of halogens is 1. The highest BCUT2D eigenvalue weighted by Crippen LogP contribution is 2.36. The van der Waals surface area contributed by atoms with Gasteiger partial charge in [-0.15, -0.1) is 0 Å². The minimum absolute atomic E-state index is 0.0402. The van der Waals surface area contributed by atoms with Crippen LogP contribution in [0.25, 0.3) is 21.7 Å². The molecule has 0 atom stereocenters. The minimum atomic E-state index is -0.729. The summed E-state index contributed by atoms with van der Waals surface area (Å²) in [6, 6.07) is 19.2. The summed E-state index contributed by atoms with van der Waals surface area (Å²) in [5.74, 6) is -0.0191. The molecule has 0 fully saturated rings. The highest BCUT2D eigenvalue weighted by molar-refractivity contribution is 6.35. The van der Waals surface area contributed by atoms with E-state index < -0.39 is 11.5 Å². The fraction of sp³-hybridized carbons (Fsp3) is 0.107. The van der Waals surface area contributed by atoms with Crippen LogP contribution in [0.15, 0.2) is 71.5 Å². The molecule has 0 aliphatic carbocycles. The Bertz CT molecular complexity index is 1730. The van der Waals surface area contributed by atoms with Gasteiger partial charge >= 0.3 is 0 Å². The largest absolute Gasteiger partial charge is 0.505 e. The van der Waals surface area contributed by atoms with Gasteiger partial charge in [-0.05, 0) is 37.3 Å². The van der Waals surface area contributed by atoms with Crippen LogP contribution in [0.2, 0.25) is 5.02 Å². The summed E-state index contributed by atoms with van der Waals surface area (Å²) in [6.45, 7) is 1.95. The molecule has 0 saturated carbocycles. The maximum atomic E-state index is 13.0. The highest BCUT2D eigenvalue weighted by Gasteiger charge is 2.20. The number of hydrogen-bond donors (Lipinski definition) is 3. The molecule has 37 heavy (non-hydrogen) atoms. The second-order valence-electron chi connectivity index (χ2n) is 8.35. The summed E-state index contributed by atoms with van der Waals surface area (Å²) in [7, 11) is 1.51. The van der Waals surface area contributed by atoms with Gasteiger partial charge in [0, 0.05) is 16.5 Å². The van der Waals surface area contributed by atoms with E-state index in [9.17, 15) is 14.7 Å². The number of aryl methyl sites for hydroxylation is 1. The summed E-state index contributed by atoms with van der Waals surface area (Å²) in [5, 5.41) is 15.0. The van der Waals surface area contributed by atoms with Crippen molar-refractivity contribution in [3.63, 3.8) is 0 Å². The normalized spacial score (nSPS) is 11.0. The lowest BCUT2D eigenvalue weighted by Gasteiger charge is -2.16. The SMILES string of the molecule is COc1ccc(NC(=O)c2[nH]c(=O)c3ccccc3c2O)c(Cl)c1COc1cccc2ccc(C)nc12. The second-order valence-corrected chi connectivity index (χ2v) is 8.73. The van der Waals surface area contributed by atoms with Crippen LogP contribution in [0, 0.1) is 6.92 Å². The molecule has 5 aromatic rings. The Morgan fingerprint density at radius 1 is 1.03 bits per heavy atom. The number of carbonyl (C=O) groups excluding carboxylic acids is 1. The number of methoxy groups -OCH3 is 1. The predicted octanol–water partition coefficient (Wildman–Crippen LogP) is 5.58. The first-order chi connectivity index (χ1) is 17.9. The zero-order valence-electron chi connectivity index (χ0n) is 20.0. The minimum Gasteiger partial charge on any atom is -0.505 e. The van der Waals surface area contributed by atoms with E-state index >= 15 is 0 Å². The van der Waals surface area contributed by atoms with Gasteiger partial charge in [0.15, 0.2) is 11.4 Å². The number of nitrogens with one attached hydrogen (secondary N) is 2. The van der Waals surface area contributed by atoms with Crippen LogP contribution in [-0.4, -0.2) is 28.1 Å². The number of rotatable bonds is 6. The van der Waals surface area contributed by atoms with E-state index in [4.69, 9.17) is 21.1 Å². The molecule has 1 amide bonds. The lowest BCUT2D eigenvalue weighted by Crippen LogP contribution is -2.19. The van der Waals surface area contributed by atoms with E-state index in [0.717, 1.165) is 16.6 Å². The fourth-order valence-electron chi connectivity index (χ4n) is 4.12. The van der Waals surface area contributed by atoms with Gasteiger partial charge in [-0.25, -0.2) is 4.98 Å². The Hall–Kier alpha value is -4.56. The van der Waals surface area contributed by atoms with Crippen LogP contribution in [0.4, 0.5) is 5.69 Å². The number of para-hydroxylation sites is 1. The van der Waals surface area contributed by atoms with Crippen LogP contribution in [0.3, 0.4) is 0 Å². The number of aromatic nitrogens is 2. The van der Waals surface area contributed by atoms with Crippen LogP contribution in [-0.2, 0) is 6.61 Å². The number of carbonyl (C=O) groups is 1. The smallest absolute Gasteiger partial charge is 0.276 e. The van der Waals surface area contributed by atoms with Crippen molar-refractivity contribution in [1.29, 1.82) is 0 Å². The van der Waals surface area contributed by atoms with Crippen molar-refractivity contribution in [3.05, 3.63) is 99.1 Å². The number of ether oxygens (including phenoxy) is 2. The number of anilines is 1. The number of amides is 1. The highest BCUT2D eigenvalue weighted by atomic mass is 35.5. The number of pyridine rings is 2. The average molecular weight is 516 g/mol. The number of fused-ring (bicyclic) bond motifs is 2. The molecule has 0 radical (unpaired) electrons. The first kappa shape index (κ1) is 24.1. The third-order valence-corrected chi connectivity index (χ3v) is 6.42. The standard InChI is InChI=1S/C28H22ClN3O5/c1-15-10-11-16-6-5-9-22(24(16)30-15)37-14-19-21(36-2)13-12-20(23(19)29)31-28(35)25-26(33)17-7-3-4-8-18(17)27(34)32-25/h3-13,33H,14H2,1-2H3,(H,31,35)(H,32,34). The van der Waals surface area contributed by atoms with Crippen molar-refractivity contribution in [2.75, 3.05) is 12.4 Å². The monoisotopic (exact) mass is 515 g/mol. The molecular formula is C28H22ClN3O5. The average Bonchev–Trinajstić information content (AvgIpc) is 2.91. The van der Waals surface area contributed by atoms with E-state index in [1.165, 1.54) is 7.11 Å². The summed E-state index contributed by atoms with van der Waals surface area (Å²) >= 11 is 6.68. The van der Waals surface area contributed by atoms with E-state index in [2.05, 4.69) is 15.3 Å². The molecule has 0 aliphatic heterocycles. The number of aromatic hydroxyl groups is 1. The zero-order chi connectivity index (χ0) is 26.1. The Kier molecular flexibility index (Phi) is 6.42. The third kappa shape index (κ3) is 4.54. The van der Waals surface area contributed by atoms with E-state index in [-0.39, 0.29) is 39.5 Å². The Morgan fingerprint density at radius 3 is 2.59 bits per heavy atom. The van der Waals surface area contributed by atoms with Crippen molar-refractivity contribution in [3.8, 4) is 17.2 Å². The maximum Gasteiger partial charge on any atom is 0.276 e. The van der Waals surface area contributed by atoms with Crippen LogP contribution < -0.4 is 20.3 Å². The molecule has 0 unspecified atom stereocenters. The second kappa shape index (κ2) is 9.83. The van der Waals surface area contributed by atoms with Gasteiger partial charge in [-0.1, -0.05) is 48.0 Å². The molecular weight excluding hydrogens is 494 g/mol. The van der Waals surface area contributed by atoms with Crippen LogP contribution in [0.1, 0.15) is 21.7 Å². The van der Waals surface area contributed by atoms with Gasteiger partial charge < -0.3 is 24.9 Å². The number of nitrogens with zero attached hydrogens (tertiary/aromatic N) is 1. The van der Waals surface area contributed by atoms with Crippen molar-refractivity contribution < 1.29 is 19.4 Å². The zero-order valence-corrected chi connectivity index (χ0v) is 20.7. The van der Waals surface area contributed by atoms with E-state index in [0.29, 0.717) is 17.1 Å². The van der Waals surface area contributed by atoms with Gasteiger partial charge in [0.1, 0.15) is 23.6 Å². The van der Waals surface area contributed by atoms with Crippen molar-refractivity contribution in [1.82, 2.24) is 9.97 Å². The first-order valence-electron chi connectivity index (χ1n) is 11.4. The van der Waals surface area contributed by atoms with Crippen LogP contribution >= 0.6 is 11.6 Å². The third-order valence-electron chi connectivity index (χ3n) is 5.99. The molecule has 5 rings (SSSR count). The van der Waals surface area contributed by atoms with Gasteiger partial charge in [-0.3, -0.25) is 9.59 Å². The van der Waals surface area contributed by atoms with Crippen molar-refractivity contribution in [2.45, 2.75) is 13.5 Å². The molecule has 186 valence electrons. The van der Waals surface area contributed by atoms with E-state index in [1.807, 2.05) is 37.3 Å². The number of aromatic amines is 1. The van der Waals surface area contributed by atoms with Gasteiger partial charge in [0.2, 0.25) is 0 Å². The number of benzene rings is 3. The van der Waals surface area contributed by atoms with Gasteiger partial charge in [0.05, 0.1) is 28.8 Å². The Balaban J connectivity index is 1.46. The molecule has 0 saturated heterocycles. The van der Waals surface area contributed by atoms with Gasteiger partial charge in [0.25, 0.3) is 11.5 Å². The quantitative estimate of drug-likeness (QED) is 0.272. The number of H-pyrrole nitrogens is 1. The summed E-state index contributed by atoms with van der Waals surface area (Å²) in [4.78, 5) is 32.5. The maximum absolute atomic E-state index is 13.0. The fourth-order valence-corrected chi connectivity index (χ4v) is 4.38. The molecule has 0 aliphatic rings. The Labute approximate surface area is 216 Å². The van der Waals surface area contributed by atoms with Crippen molar-refractivity contribution >= 4 is 44.9 Å². The summed E-state index contributed by atoms with van der Waals surface area (Å²) in [5.41, 5.74) is 1.57. The Morgan fingerprint density at radius 2 is 1.81 bits per heavy atom. The molecule has 3 aromatic carbocycles. The number of hydrogen-bond acceptors (Lipinski definition) is 6. The lowest BCUT2D eigenvalue weighted by atomic mass is 10.1.